The molecule has 4 heteroatoms. The molecule has 1 aliphatic heterocycles. The van der Waals surface area contributed by atoms with Crippen molar-refractivity contribution in [2.24, 2.45) is 4.40 Å². The maximum absolute atomic E-state index is 5.74. The molecule has 0 bridgehead atoms. The van der Waals surface area contributed by atoms with Gasteiger partial charge in [0, 0.05) is 5.02 Å². The first-order valence-corrected chi connectivity index (χ1v) is 4.55. The molecule has 0 radical (unpaired) electrons. The van der Waals surface area contributed by atoms with Gasteiger partial charge in [-0.25, -0.2) is 0 Å². The van der Waals surface area contributed by atoms with Crippen LogP contribution in [-0.4, -0.2) is 12.3 Å². The van der Waals surface area contributed by atoms with Crippen molar-refractivity contribution in [1.29, 1.82) is 0 Å². The molecule has 0 unspecified atom stereocenters. The first-order valence-electron chi connectivity index (χ1n) is 3.48. The van der Waals surface area contributed by atoms with E-state index in [0.29, 0.717) is 6.61 Å². The van der Waals surface area contributed by atoms with Gasteiger partial charge < -0.3 is 0 Å². The van der Waals surface area contributed by atoms with Gasteiger partial charge in [-0.1, -0.05) is 23.7 Å². The van der Waals surface area contributed by atoms with Crippen LogP contribution in [0.4, 0.5) is 0 Å². The van der Waals surface area contributed by atoms with Crippen molar-refractivity contribution in [1.82, 2.24) is 0 Å². The average molecular weight is 200 g/mol. The molecule has 1 aromatic carbocycles. The molecule has 0 amide bonds. The molecule has 0 saturated heterocycles. The van der Waals surface area contributed by atoms with E-state index in [-0.39, 0.29) is 0 Å². The van der Waals surface area contributed by atoms with Gasteiger partial charge in [-0.15, -0.1) is 0 Å². The van der Waals surface area contributed by atoms with Crippen molar-refractivity contribution in [2.75, 3.05) is 6.61 Å². The third kappa shape index (κ3) is 1.63. The van der Waals surface area contributed by atoms with Crippen LogP contribution < -0.4 is 0 Å². The van der Waals surface area contributed by atoms with Gasteiger partial charge in [-0.2, -0.15) is 4.40 Å². The summed E-state index contributed by atoms with van der Waals surface area (Å²) in [7, 11) is 0. The van der Waals surface area contributed by atoms with Gasteiger partial charge in [0.05, 0.1) is 5.71 Å². The van der Waals surface area contributed by atoms with Crippen LogP contribution in [0.15, 0.2) is 28.7 Å². The fourth-order valence-electron chi connectivity index (χ4n) is 0.958. The summed E-state index contributed by atoms with van der Waals surface area (Å²) >= 11 is 6.88. The molecule has 0 saturated carbocycles. The van der Waals surface area contributed by atoms with Crippen LogP contribution in [0.2, 0.25) is 5.02 Å². The van der Waals surface area contributed by atoms with Gasteiger partial charge in [-0.3, -0.25) is 4.18 Å². The Balaban J connectivity index is 2.28. The Labute approximate surface area is 79.9 Å². The quantitative estimate of drug-likeness (QED) is 0.513. The molecule has 62 valence electrons. The summed E-state index contributed by atoms with van der Waals surface area (Å²) in [4.78, 5) is 0. The summed E-state index contributed by atoms with van der Waals surface area (Å²) in [6.07, 6.45) is 0. The number of benzene rings is 1. The highest BCUT2D eigenvalue weighted by atomic mass is 35.5. The fraction of sp³-hybridized carbons (Fsp3) is 0.125. The third-order valence-electron chi connectivity index (χ3n) is 1.57. The van der Waals surface area contributed by atoms with Gasteiger partial charge >= 0.3 is 0 Å². The number of rotatable bonds is 1. The van der Waals surface area contributed by atoms with E-state index in [4.69, 9.17) is 15.8 Å². The molecular formula is C8H6ClNOS. The van der Waals surface area contributed by atoms with Crippen LogP contribution in [0.5, 0.6) is 0 Å². The highest BCUT2D eigenvalue weighted by Crippen LogP contribution is 2.18. The second-order valence-corrected chi connectivity index (χ2v) is 3.39. The first-order chi connectivity index (χ1) is 5.86. The Hall–Kier alpha value is -0.510. The number of hydrogen-bond donors (Lipinski definition) is 0. The van der Waals surface area contributed by atoms with Gasteiger partial charge in [-0.05, 0) is 17.7 Å². The van der Waals surface area contributed by atoms with Crippen LogP contribution in [0, 0.1) is 0 Å². The van der Waals surface area contributed by atoms with E-state index < -0.39 is 0 Å². The number of hydrogen-bond acceptors (Lipinski definition) is 3. The zero-order valence-electron chi connectivity index (χ0n) is 6.16. The smallest absolute Gasteiger partial charge is 0.137 e. The Morgan fingerprint density at radius 3 is 2.67 bits per heavy atom. The molecule has 2 nitrogen and oxygen atoms in total. The molecule has 0 atom stereocenters. The van der Waals surface area contributed by atoms with E-state index in [1.165, 1.54) is 0 Å². The van der Waals surface area contributed by atoms with E-state index >= 15 is 0 Å². The normalized spacial score (nSPS) is 16.2. The summed E-state index contributed by atoms with van der Waals surface area (Å²) in [6, 6.07) is 7.58. The van der Waals surface area contributed by atoms with E-state index in [9.17, 15) is 0 Å². The zero-order valence-corrected chi connectivity index (χ0v) is 7.73. The monoisotopic (exact) mass is 199 g/mol. The summed E-state index contributed by atoms with van der Waals surface area (Å²) in [5.74, 6) is 0. The average Bonchev–Trinajstić information content (AvgIpc) is 2.58. The zero-order chi connectivity index (χ0) is 8.39. The first kappa shape index (κ1) is 8.10. The second-order valence-electron chi connectivity index (χ2n) is 2.38. The lowest BCUT2D eigenvalue weighted by molar-refractivity contribution is 0.457. The van der Waals surface area contributed by atoms with Crippen molar-refractivity contribution >= 4 is 29.5 Å². The SMILES string of the molecule is Clc1ccc(C2=NSOC2)cc1. The van der Waals surface area contributed by atoms with Crippen LogP contribution in [0.3, 0.4) is 0 Å². The topological polar surface area (TPSA) is 21.6 Å². The van der Waals surface area contributed by atoms with Gasteiger partial charge in [0.25, 0.3) is 0 Å². The van der Waals surface area contributed by atoms with Gasteiger partial charge in [0.15, 0.2) is 0 Å². The summed E-state index contributed by atoms with van der Waals surface area (Å²) in [5.41, 5.74) is 2.04. The van der Waals surface area contributed by atoms with Crippen LogP contribution in [-0.2, 0) is 4.18 Å². The summed E-state index contributed by atoms with van der Waals surface area (Å²) < 4.78 is 9.13. The predicted octanol–water partition coefficient (Wildman–Crippen LogP) is 2.72. The van der Waals surface area contributed by atoms with Crippen molar-refractivity contribution in [3.63, 3.8) is 0 Å². The maximum atomic E-state index is 5.74. The van der Waals surface area contributed by atoms with Crippen LogP contribution in [0.25, 0.3) is 0 Å². The molecule has 0 N–H and O–H groups in total. The Morgan fingerprint density at radius 1 is 1.33 bits per heavy atom. The molecule has 2 rings (SSSR count). The third-order valence-corrected chi connectivity index (χ3v) is 2.34. The molecule has 1 heterocycles. The van der Waals surface area contributed by atoms with Crippen LogP contribution in [0.1, 0.15) is 5.56 Å². The van der Waals surface area contributed by atoms with Gasteiger partial charge in [0.2, 0.25) is 0 Å². The lowest BCUT2D eigenvalue weighted by Crippen LogP contribution is -2.01. The lowest BCUT2D eigenvalue weighted by atomic mass is 10.1. The molecule has 0 aliphatic carbocycles. The van der Waals surface area contributed by atoms with E-state index in [1.807, 2.05) is 24.3 Å². The molecular weight excluding hydrogens is 194 g/mol. The van der Waals surface area contributed by atoms with E-state index in [2.05, 4.69) is 4.40 Å². The minimum atomic E-state index is 0.576. The van der Waals surface area contributed by atoms with Crippen molar-refractivity contribution in [3.8, 4) is 0 Å². The molecule has 0 aromatic heterocycles. The van der Waals surface area contributed by atoms with Crippen molar-refractivity contribution in [3.05, 3.63) is 34.9 Å². The standard InChI is InChI=1S/C8H6ClNOS/c9-7-3-1-6(2-4-7)8-5-11-12-10-8/h1-4H,5H2. The highest BCUT2D eigenvalue weighted by molar-refractivity contribution is 7.93. The predicted molar refractivity (Wildman–Crippen MR) is 51.5 cm³/mol. The van der Waals surface area contributed by atoms with Gasteiger partial charge in [0.1, 0.15) is 18.8 Å². The summed E-state index contributed by atoms with van der Waals surface area (Å²) in [6.45, 7) is 0.576. The maximum Gasteiger partial charge on any atom is 0.137 e. The Kier molecular flexibility index (Phi) is 2.35. The fourth-order valence-corrected chi connectivity index (χ4v) is 1.55. The van der Waals surface area contributed by atoms with E-state index in [1.54, 1.807) is 0 Å². The minimum absolute atomic E-state index is 0.576. The molecule has 1 aliphatic rings. The number of halogens is 1. The van der Waals surface area contributed by atoms with Crippen molar-refractivity contribution in [2.45, 2.75) is 0 Å². The summed E-state index contributed by atoms with van der Waals surface area (Å²) in [5, 5.41) is 0.742. The Morgan fingerprint density at radius 2 is 2.08 bits per heavy atom. The second kappa shape index (κ2) is 3.47. The lowest BCUT2D eigenvalue weighted by Gasteiger charge is -1.97. The van der Waals surface area contributed by atoms with Crippen molar-refractivity contribution < 1.29 is 4.18 Å². The molecule has 12 heavy (non-hydrogen) atoms. The largest absolute Gasteiger partial charge is 0.289 e. The van der Waals surface area contributed by atoms with Crippen LogP contribution >= 0.6 is 23.8 Å². The minimum Gasteiger partial charge on any atom is -0.289 e. The molecule has 1 aromatic rings. The molecule has 0 fully saturated rings. The molecule has 0 spiro atoms. The number of nitrogens with zero attached hydrogens (tertiary/aromatic N) is 1. The highest BCUT2D eigenvalue weighted by Gasteiger charge is 2.09. The Bertz CT molecular complexity index is 309. The van der Waals surface area contributed by atoms with E-state index in [0.717, 1.165) is 28.5 Å².